The van der Waals surface area contributed by atoms with Gasteiger partial charge in [-0.3, -0.25) is 0 Å². The Bertz CT molecular complexity index is 478. The highest BCUT2D eigenvalue weighted by Crippen LogP contribution is 2.32. The molecule has 0 aliphatic heterocycles. The Hall–Kier alpha value is -1.77. The third-order valence-corrected chi connectivity index (χ3v) is 3.40. The normalized spacial score (nSPS) is 11.0. The van der Waals surface area contributed by atoms with Crippen LogP contribution in [-0.4, -0.2) is 11.8 Å². The van der Waals surface area contributed by atoms with Crippen LogP contribution in [0.15, 0.2) is 35.1 Å². The Morgan fingerprint density at radius 2 is 1.95 bits per heavy atom. The molecule has 0 saturated carbocycles. The van der Waals surface area contributed by atoms with Crippen LogP contribution >= 0.6 is 0 Å². The fraction of sp³-hybridized carbons (Fsp3) is 0.526. The number of nitrogens with zero attached hydrogens (tertiary/aromatic N) is 2. The molecule has 0 aliphatic rings. The quantitative estimate of drug-likeness (QED) is 0.491. The smallest absolute Gasteiger partial charge is 0.141 e. The average molecular weight is 304 g/mol. The minimum absolute atomic E-state index is 0.242. The van der Waals surface area contributed by atoms with E-state index in [0.717, 1.165) is 24.8 Å². The highest BCUT2D eigenvalue weighted by molar-refractivity contribution is 5.61. The van der Waals surface area contributed by atoms with Gasteiger partial charge in [0.2, 0.25) is 0 Å². The summed E-state index contributed by atoms with van der Waals surface area (Å²) in [5.41, 5.74) is 3.09. The van der Waals surface area contributed by atoms with E-state index in [1.165, 1.54) is 5.57 Å². The second-order valence-electron chi connectivity index (χ2n) is 5.28. The second kappa shape index (κ2) is 10.9. The molecule has 0 unspecified atom stereocenters. The lowest BCUT2D eigenvalue weighted by molar-refractivity contribution is 0.474. The SMILES string of the molecule is C=NN(/C=C(/CC)CCC)c1ccc(C(C)C)cc1O.CC. The first kappa shape index (κ1) is 20.2. The molecule has 0 aliphatic carbocycles. The van der Waals surface area contributed by atoms with Crippen LogP contribution in [0.4, 0.5) is 5.69 Å². The summed E-state index contributed by atoms with van der Waals surface area (Å²) in [6.07, 6.45) is 5.08. The van der Waals surface area contributed by atoms with Gasteiger partial charge >= 0.3 is 0 Å². The average Bonchev–Trinajstić information content (AvgIpc) is 2.53. The third kappa shape index (κ3) is 5.92. The van der Waals surface area contributed by atoms with Crippen molar-refractivity contribution in [3.63, 3.8) is 0 Å². The number of aromatic hydroxyl groups is 1. The summed E-state index contributed by atoms with van der Waals surface area (Å²) in [6.45, 7) is 16.1. The number of benzene rings is 1. The van der Waals surface area contributed by atoms with Crippen molar-refractivity contribution in [1.82, 2.24) is 0 Å². The lowest BCUT2D eigenvalue weighted by atomic mass is 10.0. The van der Waals surface area contributed by atoms with Gasteiger partial charge in [-0.1, -0.05) is 59.6 Å². The van der Waals surface area contributed by atoms with E-state index in [9.17, 15) is 5.11 Å². The van der Waals surface area contributed by atoms with Gasteiger partial charge in [-0.2, -0.15) is 5.10 Å². The van der Waals surface area contributed by atoms with Gasteiger partial charge in [0.1, 0.15) is 11.4 Å². The molecule has 124 valence electrons. The van der Waals surface area contributed by atoms with Crippen molar-refractivity contribution in [2.45, 2.75) is 66.7 Å². The molecule has 0 spiro atoms. The fourth-order valence-electron chi connectivity index (χ4n) is 2.11. The van der Waals surface area contributed by atoms with Crippen molar-refractivity contribution in [2.24, 2.45) is 5.10 Å². The van der Waals surface area contributed by atoms with Crippen molar-refractivity contribution < 1.29 is 5.11 Å². The van der Waals surface area contributed by atoms with Gasteiger partial charge in [-0.25, -0.2) is 5.01 Å². The molecule has 0 bridgehead atoms. The number of hydrazone groups is 1. The second-order valence-corrected chi connectivity index (χ2v) is 5.28. The van der Waals surface area contributed by atoms with E-state index in [4.69, 9.17) is 0 Å². The Morgan fingerprint density at radius 1 is 1.32 bits per heavy atom. The first-order chi connectivity index (χ1) is 10.5. The van der Waals surface area contributed by atoms with Crippen molar-refractivity contribution in [1.29, 1.82) is 0 Å². The molecule has 1 aromatic carbocycles. The lowest BCUT2D eigenvalue weighted by Crippen LogP contribution is -2.08. The molecule has 22 heavy (non-hydrogen) atoms. The largest absolute Gasteiger partial charge is 0.506 e. The number of hydrogen-bond acceptors (Lipinski definition) is 3. The maximum Gasteiger partial charge on any atom is 0.141 e. The van der Waals surface area contributed by atoms with Crippen LogP contribution in [0.25, 0.3) is 0 Å². The molecule has 0 atom stereocenters. The summed E-state index contributed by atoms with van der Waals surface area (Å²) >= 11 is 0. The van der Waals surface area contributed by atoms with E-state index < -0.39 is 0 Å². The van der Waals surface area contributed by atoms with Gasteiger partial charge in [0.25, 0.3) is 0 Å². The topological polar surface area (TPSA) is 35.8 Å². The Balaban J connectivity index is 0.00000211. The first-order valence-electron chi connectivity index (χ1n) is 8.31. The molecular weight excluding hydrogens is 272 g/mol. The molecule has 1 aromatic rings. The van der Waals surface area contributed by atoms with Gasteiger partial charge in [0.05, 0.1) is 0 Å². The van der Waals surface area contributed by atoms with E-state index in [-0.39, 0.29) is 5.75 Å². The molecule has 1 N–H and O–H groups in total. The van der Waals surface area contributed by atoms with E-state index in [1.807, 2.05) is 32.2 Å². The summed E-state index contributed by atoms with van der Waals surface area (Å²) in [7, 11) is 0. The molecule has 0 saturated heterocycles. The van der Waals surface area contributed by atoms with Crippen LogP contribution < -0.4 is 5.01 Å². The summed E-state index contributed by atoms with van der Waals surface area (Å²) in [4.78, 5) is 0. The van der Waals surface area contributed by atoms with E-state index in [2.05, 4.69) is 39.5 Å². The molecule has 1 rings (SSSR count). The molecule has 3 heteroatoms. The van der Waals surface area contributed by atoms with E-state index in [1.54, 1.807) is 11.1 Å². The summed E-state index contributed by atoms with van der Waals surface area (Å²) in [6, 6.07) is 5.73. The number of anilines is 1. The minimum Gasteiger partial charge on any atom is -0.506 e. The van der Waals surface area contributed by atoms with Crippen molar-refractivity contribution in [3.05, 3.63) is 35.5 Å². The monoisotopic (exact) mass is 304 g/mol. The van der Waals surface area contributed by atoms with Crippen molar-refractivity contribution in [2.75, 3.05) is 5.01 Å². The van der Waals surface area contributed by atoms with Gasteiger partial charge in [-0.05, 0) is 36.5 Å². The minimum atomic E-state index is 0.242. The van der Waals surface area contributed by atoms with Crippen LogP contribution in [0.2, 0.25) is 0 Å². The number of allylic oxidation sites excluding steroid dienone is 1. The zero-order valence-electron chi connectivity index (χ0n) is 15.1. The van der Waals surface area contributed by atoms with Gasteiger partial charge in [0.15, 0.2) is 0 Å². The zero-order valence-corrected chi connectivity index (χ0v) is 15.1. The van der Waals surface area contributed by atoms with Crippen LogP contribution in [0, 0.1) is 0 Å². The lowest BCUT2D eigenvalue weighted by Gasteiger charge is -2.18. The number of phenolic OH excluding ortho intramolecular Hbond substituents is 1. The molecule has 0 amide bonds. The van der Waals surface area contributed by atoms with Crippen LogP contribution in [0.3, 0.4) is 0 Å². The highest BCUT2D eigenvalue weighted by atomic mass is 16.3. The Labute approximate surface area is 136 Å². The molecular formula is C19H32N2O. The predicted molar refractivity (Wildman–Crippen MR) is 98.9 cm³/mol. The molecule has 3 nitrogen and oxygen atoms in total. The first-order valence-corrected chi connectivity index (χ1v) is 8.31. The van der Waals surface area contributed by atoms with Crippen molar-refractivity contribution in [3.8, 4) is 5.75 Å². The zero-order chi connectivity index (χ0) is 17.1. The third-order valence-electron chi connectivity index (χ3n) is 3.40. The van der Waals surface area contributed by atoms with Gasteiger partial charge < -0.3 is 5.11 Å². The van der Waals surface area contributed by atoms with Crippen LogP contribution in [0.1, 0.15) is 72.3 Å². The molecule has 0 heterocycles. The van der Waals surface area contributed by atoms with E-state index in [0.29, 0.717) is 11.6 Å². The Morgan fingerprint density at radius 3 is 2.36 bits per heavy atom. The molecule has 0 radical (unpaired) electrons. The maximum absolute atomic E-state index is 10.2. The highest BCUT2D eigenvalue weighted by Gasteiger charge is 2.10. The van der Waals surface area contributed by atoms with Crippen molar-refractivity contribution >= 4 is 12.4 Å². The molecule has 0 aromatic heterocycles. The number of hydrogen-bond donors (Lipinski definition) is 1. The van der Waals surface area contributed by atoms with Crippen LogP contribution in [-0.2, 0) is 0 Å². The van der Waals surface area contributed by atoms with Gasteiger partial charge in [0, 0.05) is 12.9 Å². The standard InChI is InChI=1S/C17H26N2O.C2H6/c1-6-8-14(7-2)12-19(18-5)16-10-9-15(13(3)4)11-17(16)20;1-2/h9-13,20H,5-8H2,1-4H3;1-2H3/b14-12-;. The fourth-order valence-corrected chi connectivity index (χ4v) is 2.11. The van der Waals surface area contributed by atoms with Gasteiger partial charge in [-0.15, -0.1) is 0 Å². The summed E-state index contributed by atoms with van der Waals surface area (Å²) < 4.78 is 0. The maximum atomic E-state index is 10.2. The number of phenols is 1. The molecule has 0 fully saturated rings. The number of rotatable bonds is 7. The van der Waals surface area contributed by atoms with Crippen LogP contribution in [0.5, 0.6) is 5.75 Å². The predicted octanol–water partition coefficient (Wildman–Crippen LogP) is 6.06. The Kier molecular flexibility index (Phi) is 10.0. The summed E-state index contributed by atoms with van der Waals surface area (Å²) in [5, 5.41) is 15.9. The van der Waals surface area contributed by atoms with E-state index >= 15 is 0 Å². The summed E-state index contributed by atoms with van der Waals surface area (Å²) in [5.74, 6) is 0.633.